The second-order valence-electron chi connectivity index (χ2n) is 8.95. The molecular formula is C24H24FN3O4S. The van der Waals surface area contributed by atoms with Gasteiger partial charge < -0.3 is 9.47 Å². The third kappa shape index (κ3) is 5.60. The van der Waals surface area contributed by atoms with E-state index in [4.69, 9.17) is 9.47 Å². The number of ether oxygens (including phenoxy) is 2. The van der Waals surface area contributed by atoms with Crippen LogP contribution >= 0.6 is 11.5 Å². The van der Waals surface area contributed by atoms with E-state index >= 15 is 0 Å². The normalized spacial score (nSPS) is 14.6. The van der Waals surface area contributed by atoms with E-state index in [0.29, 0.717) is 22.8 Å². The molecule has 0 N–H and O–H groups in total. The fourth-order valence-electron chi connectivity index (χ4n) is 3.09. The van der Waals surface area contributed by atoms with E-state index in [1.807, 2.05) is 6.92 Å². The van der Waals surface area contributed by atoms with Crippen LogP contribution in [0.1, 0.15) is 72.4 Å². The minimum Gasteiger partial charge on any atom is -0.468 e. The molecule has 1 aromatic carbocycles. The number of hydrogen-bond acceptors (Lipinski definition) is 8. The van der Waals surface area contributed by atoms with Crippen molar-refractivity contribution in [2.75, 3.05) is 0 Å². The zero-order chi connectivity index (χ0) is 23.8. The molecule has 0 radical (unpaired) electrons. The van der Waals surface area contributed by atoms with Crippen LogP contribution in [0.4, 0.5) is 4.39 Å². The van der Waals surface area contributed by atoms with Crippen LogP contribution < -0.4 is 4.74 Å². The monoisotopic (exact) mass is 469 g/mol. The lowest BCUT2D eigenvalue weighted by Crippen LogP contribution is -2.24. The summed E-state index contributed by atoms with van der Waals surface area (Å²) in [5.74, 6) is -0.962. The van der Waals surface area contributed by atoms with Crippen LogP contribution in [0.5, 0.6) is 5.88 Å². The Labute approximate surface area is 195 Å². The first kappa shape index (κ1) is 23.0. The summed E-state index contributed by atoms with van der Waals surface area (Å²) in [6, 6.07) is 6.10. The molecule has 2 aromatic heterocycles. The van der Waals surface area contributed by atoms with E-state index in [0.717, 1.165) is 17.7 Å². The van der Waals surface area contributed by atoms with E-state index in [2.05, 4.69) is 14.3 Å². The lowest BCUT2D eigenvalue weighted by Gasteiger charge is -2.19. The first-order valence-electron chi connectivity index (χ1n) is 10.6. The Bertz CT molecular complexity index is 1180. The average Bonchev–Trinajstić information content (AvgIpc) is 3.48. The van der Waals surface area contributed by atoms with Crippen LogP contribution in [0.3, 0.4) is 0 Å². The van der Waals surface area contributed by atoms with Gasteiger partial charge in [-0.1, -0.05) is 6.07 Å². The van der Waals surface area contributed by atoms with E-state index in [-0.39, 0.29) is 23.4 Å². The number of hydrogen-bond donors (Lipinski definition) is 0. The van der Waals surface area contributed by atoms with Gasteiger partial charge >= 0.3 is 5.97 Å². The molecule has 0 saturated heterocycles. The average molecular weight is 470 g/mol. The summed E-state index contributed by atoms with van der Waals surface area (Å²) in [4.78, 5) is 33.4. The summed E-state index contributed by atoms with van der Waals surface area (Å²) in [6.45, 7) is 7.02. The number of rotatable bonds is 7. The molecule has 2 heterocycles. The molecule has 1 fully saturated rings. The first-order chi connectivity index (χ1) is 15.6. The minimum atomic E-state index is -0.710. The zero-order valence-electron chi connectivity index (χ0n) is 18.8. The number of aromatic nitrogens is 3. The molecule has 0 amide bonds. The second kappa shape index (κ2) is 8.97. The van der Waals surface area contributed by atoms with Gasteiger partial charge in [-0.15, -0.1) is 0 Å². The first-order valence-corrected chi connectivity index (χ1v) is 11.4. The summed E-state index contributed by atoms with van der Waals surface area (Å²) in [5.41, 5.74) is 0.630. The van der Waals surface area contributed by atoms with Gasteiger partial charge in [-0.05, 0) is 70.3 Å². The van der Waals surface area contributed by atoms with Crippen molar-refractivity contribution in [3.05, 3.63) is 58.6 Å². The molecule has 9 heteroatoms. The summed E-state index contributed by atoms with van der Waals surface area (Å²) in [7, 11) is 0. The molecular weight excluding hydrogens is 445 g/mol. The Hall–Kier alpha value is -3.20. The summed E-state index contributed by atoms with van der Waals surface area (Å²) >= 11 is 1.22. The predicted octanol–water partition coefficient (Wildman–Crippen LogP) is 5.43. The standard InChI is InChI=1S/C24H24FN3O4S/c1-13(31-21-12-26-19(11-27-21)22(29)14-5-6-14)20-10-18(28-33-20)15-7-8-16(17(25)9-15)23(30)32-24(2,3)4/h7-14H,5-6H2,1-4H3/t13-/m1/s1. The smallest absolute Gasteiger partial charge is 0.341 e. The van der Waals surface area contributed by atoms with Gasteiger partial charge in [0.05, 0.1) is 28.5 Å². The largest absolute Gasteiger partial charge is 0.468 e. The Kier molecular flexibility index (Phi) is 6.25. The maximum Gasteiger partial charge on any atom is 0.341 e. The van der Waals surface area contributed by atoms with E-state index < -0.39 is 17.4 Å². The van der Waals surface area contributed by atoms with Crippen molar-refractivity contribution >= 4 is 23.3 Å². The molecule has 1 atom stereocenters. The van der Waals surface area contributed by atoms with Crippen molar-refractivity contribution in [2.45, 2.75) is 52.2 Å². The van der Waals surface area contributed by atoms with Gasteiger partial charge in [-0.3, -0.25) is 4.79 Å². The van der Waals surface area contributed by atoms with Crippen molar-refractivity contribution in [2.24, 2.45) is 5.92 Å². The Morgan fingerprint density at radius 1 is 1.15 bits per heavy atom. The Balaban J connectivity index is 1.43. The maximum atomic E-state index is 14.6. The summed E-state index contributed by atoms with van der Waals surface area (Å²) in [6.07, 6.45) is 4.34. The Morgan fingerprint density at radius 2 is 1.91 bits per heavy atom. The van der Waals surface area contributed by atoms with Crippen LogP contribution in [-0.4, -0.2) is 31.7 Å². The topological polar surface area (TPSA) is 91.3 Å². The minimum absolute atomic E-state index is 0.0270. The number of Topliss-reactive ketones (excluding diaryl/α,β-unsaturated/α-hetero) is 1. The van der Waals surface area contributed by atoms with Gasteiger partial charge in [0.15, 0.2) is 5.78 Å². The van der Waals surface area contributed by atoms with E-state index in [1.165, 1.54) is 36.1 Å². The summed E-state index contributed by atoms with van der Waals surface area (Å²) in [5, 5.41) is 0. The van der Waals surface area contributed by atoms with Gasteiger partial charge in [0.25, 0.3) is 0 Å². The molecule has 1 aliphatic rings. The number of ketones is 1. The molecule has 4 rings (SSSR count). The number of carbonyl (C=O) groups is 2. The van der Waals surface area contributed by atoms with Crippen molar-refractivity contribution in [3.8, 4) is 17.1 Å². The van der Waals surface area contributed by atoms with Gasteiger partial charge in [0, 0.05) is 11.5 Å². The SMILES string of the molecule is C[C@@H](Oc1cnc(C(=O)C2CC2)cn1)c1cc(-c2ccc(C(=O)OC(C)(C)C)c(F)c2)ns1. The van der Waals surface area contributed by atoms with Crippen LogP contribution in [0.15, 0.2) is 36.7 Å². The molecule has 1 saturated carbocycles. The number of carbonyl (C=O) groups excluding carboxylic acids is 2. The van der Waals surface area contributed by atoms with E-state index in [1.54, 1.807) is 32.9 Å². The third-order valence-corrected chi connectivity index (χ3v) is 5.89. The van der Waals surface area contributed by atoms with Gasteiger partial charge in [-0.25, -0.2) is 19.2 Å². The number of benzene rings is 1. The number of nitrogens with zero attached hydrogens (tertiary/aromatic N) is 3. The molecule has 172 valence electrons. The van der Waals surface area contributed by atoms with E-state index in [9.17, 15) is 14.0 Å². The molecule has 3 aromatic rings. The lowest BCUT2D eigenvalue weighted by molar-refractivity contribution is 0.00646. The second-order valence-corrected chi connectivity index (χ2v) is 9.79. The third-order valence-electron chi connectivity index (χ3n) is 4.94. The highest BCUT2D eigenvalue weighted by molar-refractivity contribution is 7.06. The maximum absolute atomic E-state index is 14.6. The molecule has 1 aliphatic carbocycles. The molecule has 33 heavy (non-hydrogen) atoms. The van der Waals surface area contributed by atoms with Crippen molar-refractivity contribution < 1.29 is 23.5 Å². The highest BCUT2D eigenvalue weighted by atomic mass is 32.1. The van der Waals surface area contributed by atoms with Crippen LogP contribution in [0, 0.1) is 11.7 Å². The van der Waals surface area contributed by atoms with Gasteiger partial charge in [0.2, 0.25) is 5.88 Å². The van der Waals surface area contributed by atoms with Gasteiger partial charge in [0.1, 0.15) is 23.2 Å². The molecule has 0 bridgehead atoms. The molecule has 0 spiro atoms. The van der Waals surface area contributed by atoms with Crippen molar-refractivity contribution in [3.63, 3.8) is 0 Å². The number of esters is 1. The van der Waals surface area contributed by atoms with Gasteiger partial charge in [-0.2, -0.15) is 4.37 Å². The summed E-state index contributed by atoms with van der Waals surface area (Å²) < 4.78 is 30.0. The number of halogens is 1. The highest BCUT2D eigenvalue weighted by Gasteiger charge is 2.31. The molecule has 0 aliphatic heterocycles. The molecule has 7 nitrogen and oxygen atoms in total. The van der Waals surface area contributed by atoms with Crippen LogP contribution in [0.25, 0.3) is 11.3 Å². The van der Waals surface area contributed by atoms with Crippen LogP contribution in [0.2, 0.25) is 0 Å². The zero-order valence-corrected chi connectivity index (χ0v) is 19.6. The van der Waals surface area contributed by atoms with Crippen molar-refractivity contribution in [1.82, 2.24) is 14.3 Å². The fourth-order valence-corrected chi connectivity index (χ4v) is 3.81. The van der Waals surface area contributed by atoms with Crippen LogP contribution in [-0.2, 0) is 4.74 Å². The fraction of sp³-hybridized carbons (Fsp3) is 0.375. The molecule has 0 unspecified atom stereocenters. The van der Waals surface area contributed by atoms with Crippen molar-refractivity contribution in [1.29, 1.82) is 0 Å². The lowest BCUT2D eigenvalue weighted by atomic mass is 10.1. The quantitative estimate of drug-likeness (QED) is 0.337. The highest BCUT2D eigenvalue weighted by Crippen LogP contribution is 2.32. The predicted molar refractivity (Wildman–Crippen MR) is 121 cm³/mol. The Morgan fingerprint density at radius 3 is 2.52 bits per heavy atom.